The zero-order valence-electron chi connectivity index (χ0n) is 39.2. The molecule has 0 atom stereocenters. The Morgan fingerprint density at radius 3 is 1.45 bits per heavy atom. The van der Waals surface area contributed by atoms with Crippen molar-refractivity contribution in [2.45, 2.75) is 0 Å². The van der Waals surface area contributed by atoms with Gasteiger partial charge in [0.2, 0.25) is 5.69 Å². The van der Waals surface area contributed by atoms with Crippen LogP contribution in [0.2, 0.25) is 0 Å². The molecular formula is C66H40N6O. The first-order valence-corrected chi connectivity index (χ1v) is 24.3. The lowest BCUT2D eigenvalue weighted by molar-refractivity contribution is 0.673. The molecule has 0 aliphatic heterocycles. The van der Waals surface area contributed by atoms with Crippen molar-refractivity contribution in [2.24, 2.45) is 0 Å². The highest BCUT2D eigenvalue weighted by Gasteiger charge is 2.26. The summed E-state index contributed by atoms with van der Waals surface area (Å²) in [5, 5.41) is 19.6. The van der Waals surface area contributed by atoms with Gasteiger partial charge in [0, 0.05) is 61.1 Å². The maximum absolute atomic E-state index is 11.4. The average molecular weight is 933 g/mol. The fraction of sp³-hybridized carbons (Fsp3) is 0. The molecule has 3 aromatic heterocycles. The van der Waals surface area contributed by atoms with Crippen molar-refractivity contribution in [3.63, 3.8) is 0 Å². The van der Waals surface area contributed by atoms with Gasteiger partial charge in [-0.3, -0.25) is 0 Å². The fourth-order valence-electron chi connectivity index (χ4n) is 11.2. The fourth-order valence-corrected chi connectivity index (χ4v) is 11.2. The molecule has 0 saturated heterocycles. The van der Waals surface area contributed by atoms with Crippen LogP contribution in [0.3, 0.4) is 0 Å². The summed E-state index contributed by atoms with van der Waals surface area (Å²) < 4.78 is 11.1. The molecular weight excluding hydrogens is 893 g/mol. The van der Waals surface area contributed by atoms with Crippen LogP contribution >= 0.6 is 0 Å². The van der Waals surface area contributed by atoms with E-state index in [4.69, 9.17) is 11.0 Å². The molecule has 0 saturated carbocycles. The van der Waals surface area contributed by atoms with E-state index in [1.54, 1.807) is 0 Å². The maximum atomic E-state index is 11.4. The summed E-state index contributed by atoms with van der Waals surface area (Å²) in [6.07, 6.45) is 0. The van der Waals surface area contributed by atoms with Crippen LogP contribution in [-0.2, 0) is 0 Å². The molecule has 0 bridgehead atoms. The predicted molar refractivity (Wildman–Crippen MR) is 300 cm³/mol. The van der Waals surface area contributed by atoms with Crippen molar-refractivity contribution in [3.05, 3.63) is 260 Å². The lowest BCUT2D eigenvalue weighted by atomic mass is 10.0. The van der Waals surface area contributed by atoms with Gasteiger partial charge in [-0.05, 0) is 132 Å². The van der Waals surface area contributed by atoms with Gasteiger partial charge in [-0.15, -0.1) is 0 Å². The largest absolute Gasteiger partial charge is 0.455 e. The third kappa shape index (κ3) is 6.51. The van der Waals surface area contributed by atoms with Crippen molar-refractivity contribution in [1.29, 1.82) is 5.26 Å². The number of furan rings is 1. The molecule has 3 heterocycles. The third-order valence-corrected chi connectivity index (χ3v) is 14.3. The molecule has 7 nitrogen and oxygen atoms in total. The van der Waals surface area contributed by atoms with Crippen LogP contribution in [0.1, 0.15) is 5.56 Å². The molecule has 11 aromatic carbocycles. The summed E-state index contributed by atoms with van der Waals surface area (Å²) in [6.45, 7) is 8.89. The van der Waals surface area contributed by atoms with Gasteiger partial charge in [0.1, 0.15) is 17.2 Å². The van der Waals surface area contributed by atoms with Crippen LogP contribution < -0.4 is 9.80 Å². The number of hydrogen-bond acceptors (Lipinski definition) is 4. The van der Waals surface area contributed by atoms with Gasteiger partial charge in [-0.1, -0.05) is 121 Å². The predicted octanol–water partition coefficient (Wildman–Crippen LogP) is 18.3. The Kier molecular flexibility index (Phi) is 9.50. The van der Waals surface area contributed by atoms with Crippen molar-refractivity contribution in [2.75, 3.05) is 9.80 Å². The van der Waals surface area contributed by atoms with E-state index in [9.17, 15) is 5.26 Å². The van der Waals surface area contributed by atoms with E-state index in [0.717, 1.165) is 110 Å². The lowest BCUT2D eigenvalue weighted by Crippen LogP contribution is -2.09. The van der Waals surface area contributed by atoms with Gasteiger partial charge in [-0.2, -0.15) is 5.26 Å². The van der Waals surface area contributed by atoms with Crippen LogP contribution in [0.25, 0.3) is 92.5 Å². The normalized spacial score (nSPS) is 11.5. The second-order valence-corrected chi connectivity index (χ2v) is 18.3. The van der Waals surface area contributed by atoms with Gasteiger partial charge < -0.3 is 23.4 Å². The standard InChI is InChI=1S/C66H40N6O/c1-68-56-41-61(71-58-36-32-50(70(47-23-10-4-11-24-47)48-25-12-5-13-26-48)40-55(58)65-60(71)37-33-53-52-28-16-17-29-63(52)73-66(53)65)44(42-67)38-62(56)72-57-35-31-49(69(45-19-6-2-7-20-45)46-21-8-3-9-22-46)39-54(57)64-51-27-15-14-18-43(51)30-34-59(64)72/h2-41H. The van der Waals surface area contributed by atoms with E-state index in [1.165, 1.54) is 0 Å². The van der Waals surface area contributed by atoms with E-state index in [1.807, 2.05) is 54.6 Å². The Bertz CT molecular complexity index is 4500. The number of fused-ring (bicyclic) bond motifs is 12. The van der Waals surface area contributed by atoms with Gasteiger partial charge >= 0.3 is 0 Å². The summed E-state index contributed by atoms with van der Waals surface area (Å²) >= 11 is 0. The number of benzene rings is 11. The van der Waals surface area contributed by atoms with Crippen LogP contribution in [0, 0.1) is 17.9 Å². The van der Waals surface area contributed by atoms with Gasteiger partial charge in [0.15, 0.2) is 0 Å². The number of hydrogen-bond donors (Lipinski definition) is 0. The highest BCUT2D eigenvalue weighted by atomic mass is 16.3. The van der Waals surface area contributed by atoms with Gasteiger partial charge in [0.05, 0.1) is 51.0 Å². The molecule has 0 N–H and O–H groups in total. The Labute approximate surface area is 419 Å². The van der Waals surface area contributed by atoms with E-state index in [-0.39, 0.29) is 0 Å². The van der Waals surface area contributed by atoms with E-state index >= 15 is 0 Å². The molecule has 7 heteroatoms. The zero-order valence-corrected chi connectivity index (χ0v) is 39.2. The minimum absolute atomic E-state index is 0.413. The average Bonchev–Trinajstić information content (AvgIpc) is 4.12. The molecule has 0 aliphatic rings. The first kappa shape index (κ1) is 41.6. The van der Waals surface area contributed by atoms with Crippen LogP contribution in [0.5, 0.6) is 0 Å². The SMILES string of the molecule is [C-]#[N+]c1cc(-n2c3ccc(N(c4ccccc4)c4ccccc4)cc3c3c4oc5ccccc5c4ccc32)c(C#N)cc1-n1c2ccc(N(c3ccccc3)c3ccccc3)cc2c2c3ccccc3ccc21. The van der Waals surface area contributed by atoms with E-state index in [0.29, 0.717) is 22.6 Å². The van der Waals surface area contributed by atoms with Crippen LogP contribution in [0.4, 0.5) is 39.8 Å². The lowest BCUT2D eigenvalue weighted by Gasteiger charge is -2.25. The maximum Gasteiger partial charge on any atom is 0.212 e. The highest BCUT2D eigenvalue weighted by molar-refractivity contribution is 6.25. The van der Waals surface area contributed by atoms with Crippen molar-refractivity contribution < 1.29 is 4.42 Å². The summed E-state index contributed by atoms with van der Waals surface area (Å²) in [4.78, 5) is 8.82. The molecule has 0 radical (unpaired) electrons. The summed E-state index contributed by atoms with van der Waals surface area (Å²) in [6, 6.07) is 86.2. The smallest absolute Gasteiger partial charge is 0.212 e. The molecule has 0 aliphatic carbocycles. The third-order valence-electron chi connectivity index (χ3n) is 14.3. The minimum Gasteiger partial charge on any atom is -0.455 e. The van der Waals surface area contributed by atoms with Gasteiger partial charge in [0.25, 0.3) is 0 Å². The molecule has 0 spiro atoms. The molecule has 14 rings (SSSR count). The first-order valence-electron chi connectivity index (χ1n) is 24.3. The first-order chi connectivity index (χ1) is 36.1. The molecule has 340 valence electrons. The molecule has 0 unspecified atom stereocenters. The zero-order chi connectivity index (χ0) is 48.6. The number of nitrogens with zero attached hydrogens (tertiary/aromatic N) is 6. The van der Waals surface area contributed by atoms with Crippen LogP contribution in [-0.4, -0.2) is 9.13 Å². The molecule has 0 amide bonds. The van der Waals surface area contributed by atoms with E-state index in [2.05, 4.69) is 218 Å². The molecule has 14 aromatic rings. The van der Waals surface area contributed by atoms with Crippen LogP contribution in [0.15, 0.2) is 247 Å². The minimum atomic E-state index is 0.413. The Morgan fingerprint density at radius 1 is 0.397 bits per heavy atom. The number of nitriles is 1. The Morgan fingerprint density at radius 2 is 0.877 bits per heavy atom. The second kappa shape index (κ2) is 16.7. The van der Waals surface area contributed by atoms with Crippen molar-refractivity contribution in [1.82, 2.24) is 9.13 Å². The van der Waals surface area contributed by atoms with Gasteiger partial charge in [-0.25, -0.2) is 4.85 Å². The van der Waals surface area contributed by atoms with E-state index < -0.39 is 0 Å². The summed E-state index contributed by atoms with van der Waals surface area (Å²) in [7, 11) is 0. The summed E-state index contributed by atoms with van der Waals surface area (Å²) in [5.41, 5.74) is 13.3. The number of para-hydroxylation sites is 5. The summed E-state index contributed by atoms with van der Waals surface area (Å²) in [5.74, 6) is 0. The molecule has 73 heavy (non-hydrogen) atoms. The Hall–Kier alpha value is -10.3. The Balaban J connectivity index is 1.02. The van der Waals surface area contributed by atoms with Crippen molar-refractivity contribution in [3.8, 4) is 17.4 Å². The topological polar surface area (TPSA) is 57.6 Å². The number of anilines is 6. The second-order valence-electron chi connectivity index (χ2n) is 18.3. The number of rotatable bonds is 8. The van der Waals surface area contributed by atoms with Crippen molar-refractivity contribution >= 4 is 116 Å². The number of aromatic nitrogens is 2. The highest BCUT2D eigenvalue weighted by Crippen LogP contribution is 2.47. The monoisotopic (exact) mass is 932 g/mol. The molecule has 0 fully saturated rings. The quantitative estimate of drug-likeness (QED) is 0.142.